The van der Waals surface area contributed by atoms with Crippen molar-refractivity contribution in [2.24, 2.45) is 0 Å². The normalized spacial score (nSPS) is 10.1. The quantitative estimate of drug-likeness (QED) is 0.752. The summed E-state index contributed by atoms with van der Waals surface area (Å²) in [5.74, 6) is 0.497. The lowest BCUT2D eigenvalue weighted by molar-refractivity contribution is 0.102. The summed E-state index contributed by atoms with van der Waals surface area (Å²) in [6, 6.07) is 1.51. The molecule has 0 aliphatic heterocycles. The van der Waals surface area contributed by atoms with E-state index in [4.69, 9.17) is 9.47 Å². The van der Waals surface area contributed by atoms with Crippen molar-refractivity contribution in [1.82, 2.24) is 19.9 Å². The van der Waals surface area contributed by atoms with E-state index in [9.17, 15) is 4.79 Å². The van der Waals surface area contributed by atoms with Crippen LogP contribution < -0.4 is 9.47 Å². The molecule has 2 rings (SSSR count). The van der Waals surface area contributed by atoms with Crippen LogP contribution in [0.4, 0.5) is 0 Å². The molecule has 2 aromatic rings. The first kappa shape index (κ1) is 12.9. The van der Waals surface area contributed by atoms with E-state index in [1.807, 2.05) is 0 Å². The molecule has 2 heterocycles. The summed E-state index contributed by atoms with van der Waals surface area (Å²) in [6.07, 6.45) is 2.86. The molecule has 98 valence electrons. The third-order valence-corrected chi connectivity index (χ3v) is 2.34. The molecule has 0 aromatic carbocycles. The maximum absolute atomic E-state index is 12.3. The van der Waals surface area contributed by atoms with Gasteiger partial charge in [0, 0.05) is 6.20 Å². The number of carbonyl (C=O) groups excluding carboxylic acids is 1. The van der Waals surface area contributed by atoms with Crippen molar-refractivity contribution in [2.45, 2.75) is 6.92 Å². The second-order valence-corrected chi connectivity index (χ2v) is 3.59. The molecule has 0 saturated carbocycles. The topological polar surface area (TPSA) is 87.1 Å². The molecular formula is C12H12N4O3. The fourth-order valence-electron chi connectivity index (χ4n) is 1.46. The highest BCUT2D eigenvalue weighted by Gasteiger charge is 2.19. The second kappa shape index (κ2) is 5.38. The van der Waals surface area contributed by atoms with Crippen molar-refractivity contribution < 1.29 is 14.3 Å². The molecule has 0 unspecified atom stereocenters. The van der Waals surface area contributed by atoms with Crippen molar-refractivity contribution in [3.8, 4) is 11.8 Å². The van der Waals surface area contributed by atoms with Crippen molar-refractivity contribution in [1.29, 1.82) is 0 Å². The molecule has 0 aliphatic carbocycles. The summed E-state index contributed by atoms with van der Waals surface area (Å²) in [5.41, 5.74) is 0.326. The van der Waals surface area contributed by atoms with Gasteiger partial charge < -0.3 is 9.47 Å². The van der Waals surface area contributed by atoms with Gasteiger partial charge in [-0.15, -0.1) is 0 Å². The summed E-state index contributed by atoms with van der Waals surface area (Å²) < 4.78 is 9.97. The van der Waals surface area contributed by atoms with Crippen molar-refractivity contribution in [3.05, 3.63) is 35.7 Å². The van der Waals surface area contributed by atoms with Crippen LogP contribution in [0.5, 0.6) is 11.8 Å². The van der Waals surface area contributed by atoms with Gasteiger partial charge in [0.15, 0.2) is 5.69 Å². The fourth-order valence-corrected chi connectivity index (χ4v) is 1.46. The lowest BCUT2D eigenvalue weighted by Gasteiger charge is -2.07. The predicted molar refractivity (Wildman–Crippen MR) is 65.3 cm³/mol. The maximum atomic E-state index is 12.3. The largest absolute Gasteiger partial charge is 0.480 e. The van der Waals surface area contributed by atoms with Crippen LogP contribution in [0.2, 0.25) is 0 Å². The van der Waals surface area contributed by atoms with Gasteiger partial charge in [0.1, 0.15) is 11.5 Å². The smallest absolute Gasteiger partial charge is 0.247 e. The first-order chi connectivity index (χ1) is 9.15. The van der Waals surface area contributed by atoms with Crippen LogP contribution in [0.25, 0.3) is 0 Å². The average molecular weight is 260 g/mol. The monoisotopic (exact) mass is 260 g/mol. The number of aryl methyl sites for hydroxylation is 1. The number of aromatic nitrogens is 4. The molecule has 0 saturated heterocycles. The standard InChI is InChI=1S/C12H12N4O3/c1-7-13-5-4-8(15-7)11(17)10-12(19-3)16-9(18-2)6-14-10/h4-6H,1-3H3. The Morgan fingerprint density at radius 1 is 1.16 bits per heavy atom. The highest BCUT2D eigenvalue weighted by molar-refractivity contribution is 6.07. The van der Waals surface area contributed by atoms with E-state index in [1.54, 1.807) is 6.92 Å². The van der Waals surface area contributed by atoms with Crippen LogP contribution >= 0.6 is 0 Å². The van der Waals surface area contributed by atoms with Crippen LogP contribution in [0.3, 0.4) is 0 Å². The van der Waals surface area contributed by atoms with Gasteiger partial charge in [-0.2, -0.15) is 4.98 Å². The lowest BCUT2D eigenvalue weighted by atomic mass is 10.2. The molecule has 0 atom stereocenters. The third-order valence-electron chi connectivity index (χ3n) is 2.34. The predicted octanol–water partition coefficient (Wildman–Crippen LogP) is 0.823. The molecule has 2 aromatic heterocycles. The number of hydrogen-bond acceptors (Lipinski definition) is 7. The van der Waals surface area contributed by atoms with Gasteiger partial charge in [-0.25, -0.2) is 15.0 Å². The van der Waals surface area contributed by atoms with Gasteiger partial charge in [-0.05, 0) is 13.0 Å². The van der Waals surface area contributed by atoms with Crippen LogP contribution in [-0.4, -0.2) is 39.9 Å². The van der Waals surface area contributed by atoms with Gasteiger partial charge in [0.05, 0.1) is 20.4 Å². The number of ether oxygens (including phenoxy) is 2. The molecule has 0 aliphatic rings. The minimum absolute atomic E-state index is 0.0846. The van der Waals surface area contributed by atoms with Crippen LogP contribution in [0.1, 0.15) is 22.0 Å². The van der Waals surface area contributed by atoms with Gasteiger partial charge in [-0.1, -0.05) is 0 Å². The Labute approximate surface area is 109 Å². The molecule has 7 nitrogen and oxygen atoms in total. The highest BCUT2D eigenvalue weighted by atomic mass is 16.5. The molecule has 0 fully saturated rings. The molecule has 0 N–H and O–H groups in total. The van der Waals surface area contributed by atoms with Crippen LogP contribution in [0.15, 0.2) is 18.5 Å². The molecule has 19 heavy (non-hydrogen) atoms. The summed E-state index contributed by atoms with van der Waals surface area (Å²) in [6.45, 7) is 1.70. The second-order valence-electron chi connectivity index (χ2n) is 3.59. The van der Waals surface area contributed by atoms with E-state index >= 15 is 0 Å². The zero-order valence-corrected chi connectivity index (χ0v) is 10.7. The van der Waals surface area contributed by atoms with E-state index in [0.29, 0.717) is 5.82 Å². The van der Waals surface area contributed by atoms with Crippen molar-refractivity contribution >= 4 is 5.78 Å². The zero-order chi connectivity index (χ0) is 13.8. The van der Waals surface area contributed by atoms with Gasteiger partial charge in [-0.3, -0.25) is 4.79 Å². The number of methoxy groups -OCH3 is 2. The van der Waals surface area contributed by atoms with Crippen LogP contribution in [-0.2, 0) is 0 Å². The summed E-state index contributed by atoms with van der Waals surface area (Å²) >= 11 is 0. The Kier molecular flexibility index (Phi) is 3.65. The number of hydrogen-bond donors (Lipinski definition) is 0. The SMILES string of the molecule is COc1cnc(C(=O)c2ccnc(C)n2)c(OC)n1. The number of ketones is 1. The van der Waals surface area contributed by atoms with E-state index < -0.39 is 0 Å². The maximum Gasteiger partial charge on any atom is 0.247 e. The average Bonchev–Trinajstić information content (AvgIpc) is 2.45. The molecule has 7 heteroatoms. The highest BCUT2D eigenvalue weighted by Crippen LogP contribution is 2.19. The number of nitrogens with zero attached hydrogens (tertiary/aromatic N) is 4. The van der Waals surface area contributed by atoms with E-state index in [2.05, 4.69) is 19.9 Å². The van der Waals surface area contributed by atoms with Gasteiger partial charge in [0.25, 0.3) is 0 Å². The first-order valence-electron chi connectivity index (χ1n) is 5.45. The Hall–Kier alpha value is -2.57. The first-order valence-corrected chi connectivity index (χ1v) is 5.45. The van der Waals surface area contributed by atoms with E-state index in [0.717, 1.165) is 0 Å². The Bertz CT molecular complexity index is 616. The molecule has 0 bridgehead atoms. The lowest BCUT2D eigenvalue weighted by Crippen LogP contribution is -2.11. The Balaban J connectivity index is 2.44. The molecular weight excluding hydrogens is 248 g/mol. The Morgan fingerprint density at radius 3 is 2.58 bits per heavy atom. The van der Waals surface area contributed by atoms with Gasteiger partial charge in [0.2, 0.25) is 17.5 Å². The summed E-state index contributed by atoms with van der Waals surface area (Å²) in [5, 5.41) is 0. The Morgan fingerprint density at radius 2 is 1.95 bits per heavy atom. The van der Waals surface area contributed by atoms with Crippen LogP contribution in [0, 0.1) is 6.92 Å². The number of carbonyl (C=O) groups is 1. The van der Waals surface area contributed by atoms with E-state index in [1.165, 1.54) is 32.7 Å². The third kappa shape index (κ3) is 2.65. The fraction of sp³-hybridized carbons (Fsp3) is 0.250. The van der Waals surface area contributed by atoms with Crippen molar-refractivity contribution in [2.75, 3.05) is 14.2 Å². The summed E-state index contributed by atoms with van der Waals surface area (Å²) in [7, 11) is 2.87. The minimum Gasteiger partial charge on any atom is -0.480 e. The number of rotatable bonds is 4. The molecule has 0 spiro atoms. The molecule has 0 radical (unpaired) electrons. The van der Waals surface area contributed by atoms with E-state index in [-0.39, 0.29) is 28.9 Å². The summed E-state index contributed by atoms with van der Waals surface area (Å²) in [4.78, 5) is 28.3. The minimum atomic E-state index is -0.377. The molecule has 0 amide bonds. The zero-order valence-electron chi connectivity index (χ0n) is 10.7. The van der Waals surface area contributed by atoms with Gasteiger partial charge >= 0.3 is 0 Å². The van der Waals surface area contributed by atoms with Crippen molar-refractivity contribution in [3.63, 3.8) is 0 Å².